The molecule has 4 heterocycles. The van der Waals surface area contributed by atoms with E-state index in [1.165, 1.54) is 7.11 Å². The molecule has 11 nitrogen and oxygen atoms in total. The summed E-state index contributed by atoms with van der Waals surface area (Å²) in [5, 5.41) is 2.70. The van der Waals surface area contributed by atoms with E-state index in [0.717, 1.165) is 47.9 Å². The molecule has 250 valence electrons. The van der Waals surface area contributed by atoms with Crippen molar-refractivity contribution in [3.05, 3.63) is 59.6 Å². The summed E-state index contributed by atoms with van der Waals surface area (Å²) in [5.74, 6) is 8.88. The average Bonchev–Trinajstić information content (AvgIpc) is 3.84. The Morgan fingerprint density at radius 2 is 1.53 bits per heavy atom. The van der Waals surface area contributed by atoms with Gasteiger partial charge >= 0.3 is 6.09 Å². The Morgan fingerprint density at radius 3 is 2.17 bits per heavy atom. The van der Waals surface area contributed by atoms with Crippen LogP contribution in [0, 0.1) is 35.5 Å². The molecule has 3 amide bonds. The minimum Gasteiger partial charge on any atom is -0.453 e. The fourth-order valence-electron chi connectivity index (χ4n) is 6.57. The van der Waals surface area contributed by atoms with Crippen LogP contribution in [-0.4, -0.2) is 73.9 Å². The van der Waals surface area contributed by atoms with Gasteiger partial charge in [0, 0.05) is 25.1 Å². The summed E-state index contributed by atoms with van der Waals surface area (Å²) in [4.78, 5) is 58.2. The summed E-state index contributed by atoms with van der Waals surface area (Å²) in [5.41, 5.74) is 3.37. The monoisotopic (exact) mass is 641 g/mol. The van der Waals surface area contributed by atoms with Crippen LogP contribution in [0.5, 0.6) is 0 Å². The van der Waals surface area contributed by atoms with Gasteiger partial charge in [0.15, 0.2) is 0 Å². The predicted octanol–water partition coefficient (Wildman–Crippen LogP) is 5.45. The van der Waals surface area contributed by atoms with Gasteiger partial charge in [0.1, 0.15) is 23.4 Å². The molecule has 2 aromatic heterocycles. The summed E-state index contributed by atoms with van der Waals surface area (Å²) in [6, 6.07) is 6.96. The molecule has 2 aliphatic rings. The van der Waals surface area contributed by atoms with Gasteiger partial charge in [-0.25, -0.2) is 14.8 Å². The van der Waals surface area contributed by atoms with Crippen LogP contribution in [0.1, 0.15) is 95.8 Å². The number of ether oxygens (including phenoxy) is 1. The van der Waals surface area contributed by atoms with Crippen molar-refractivity contribution >= 4 is 17.9 Å². The molecule has 2 aliphatic heterocycles. The van der Waals surface area contributed by atoms with Crippen LogP contribution in [0.3, 0.4) is 0 Å². The van der Waals surface area contributed by atoms with Crippen molar-refractivity contribution in [2.24, 2.45) is 23.7 Å². The average molecular weight is 642 g/mol. The number of aromatic nitrogens is 4. The molecule has 5 rings (SSSR count). The van der Waals surface area contributed by atoms with Crippen molar-refractivity contribution in [2.75, 3.05) is 20.2 Å². The fourth-order valence-corrected chi connectivity index (χ4v) is 6.57. The molecule has 3 aromatic rings. The maximum atomic E-state index is 13.6. The Kier molecular flexibility index (Phi) is 10.4. The minimum absolute atomic E-state index is 0.0452. The third-order valence-electron chi connectivity index (χ3n) is 8.96. The smallest absolute Gasteiger partial charge is 0.407 e. The van der Waals surface area contributed by atoms with Crippen LogP contribution in [0.2, 0.25) is 0 Å². The second-order valence-electron chi connectivity index (χ2n) is 13.9. The Bertz CT molecular complexity index is 1630. The van der Waals surface area contributed by atoms with Gasteiger partial charge in [-0.3, -0.25) is 9.59 Å². The fraction of sp³-hybridized carbons (Fsp3) is 0.528. The number of nitrogens with one attached hydrogen (secondary N) is 3. The molecule has 3 N–H and O–H groups in total. The third-order valence-corrected chi connectivity index (χ3v) is 8.96. The van der Waals surface area contributed by atoms with Gasteiger partial charge in [-0.1, -0.05) is 59.6 Å². The largest absolute Gasteiger partial charge is 0.453 e. The predicted molar refractivity (Wildman–Crippen MR) is 179 cm³/mol. The molecule has 0 radical (unpaired) electrons. The zero-order valence-corrected chi connectivity index (χ0v) is 28.5. The number of carbonyl (C=O) groups excluding carboxylic acids is 3. The lowest BCUT2D eigenvalue weighted by Crippen LogP contribution is -2.51. The van der Waals surface area contributed by atoms with Crippen LogP contribution in [0.4, 0.5) is 4.79 Å². The number of rotatable bonds is 8. The summed E-state index contributed by atoms with van der Waals surface area (Å²) in [6.45, 7) is 13.6. The number of carbonyl (C=O) groups is 3. The topological polar surface area (TPSA) is 136 Å². The number of imidazole rings is 2. The first-order valence-electron chi connectivity index (χ1n) is 16.6. The molecule has 2 saturated heterocycles. The van der Waals surface area contributed by atoms with E-state index in [-0.39, 0.29) is 29.8 Å². The first-order valence-corrected chi connectivity index (χ1v) is 16.6. The Morgan fingerprint density at radius 1 is 0.915 bits per heavy atom. The van der Waals surface area contributed by atoms with Crippen LogP contribution in [-0.2, 0) is 14.3 Å². The number of methoxy groups -OCH3 is 1. The molecule has 0 unspecified atom stereocenters. The van der Waals surface area contributed by atoms with Gasteiger partial charge in [0.05, 0.1) is 37.3 Å². The summed E-state index contributed by atoms with van der Waals surface area (Å²) >= 11 is 0. The van der Waals surface area contributed by atoms with Crippen molar-refractivity contribution in [3.63, 3.8) is 0 Å². The van der Waals surface area contributed by atoms with Crippen LogP contribution in [0.25, 0.3) is 11.3 Å². The van der Waals surface area contributed by atoms with Crippen LogP contribution < -0.4 is 5.32 Å². The van der Waals surface area contributed by atoms with Crippen LogP contribution >= 0.6 is 0 Å². The van der Waals surface area contributed by atoms with Gasteiger partial charge in [-0.15, -0.1) is 0 Å². The van der Waals surface area contributed by atoms with Crippen molar-refractivity contribution < 1.29 is 19.1 Å². The summed E-state index contributed by atoms with van der Waals surface area (Å²) < 4.78 is 4.75. The molecule has 11 heteroatoms. The number of aromatic amines is 2. The maximum absolute atomic E-state index is 13.6. The molecule has 47 heavy (non-hydrogen) atoms. The zero-order chi connectivity index (χ0) is 33.8. The van der Waals surface area contributed by atoms with E-state index in [9.17, 15) is 14.4 Å². The number of alkyl carbamates (subject to hydrolysis) is 1. The highest BCUT2D eigenvalue weighted by molar-refractivity contribution is 5.86. The number of H-pyrrole nitrogens is 2. The number of amides is 3. The highest BCUT2D eigenvalue weighted by atomic mass is 16.5. The van der Waals surface area contributed by atoms with E-state index in [0.29, 0.717) is 36.4 Å². The molecular formula is C36H47N7O4. The lowest BCUT2D eigenvalue weighted by atomic mass is 10.0. The first kappa shape index (κ1) is 33.8. The molecular weight excluding hydrogens is 594 g/mol. The van der Waals surface area contributed by atoms with Gasteiger partial charge in [-0.2, -0.15) is 0 Å². The van der Waals surface area contributed by atoms with E-state index in [1.54, 1.807) is 12.4 Å². The van der Waals surface area contributed by atoms with E-state index in [4.69, 9.17) is 4.74 Å². The number of hydrogen-bond acceptors (Lipinski definition) is 6. The van der Waals surface area contributed by atoms with E-state index >= 15 is 0 Å². The molecule has 5 atom stereocenters. The minimum atomic E-state index is -0.688. The Labute approximate surface area is 277 Å². The highest BCUT2D eigenvalue weighted by Gasteiger charge is 2.40. The van der Waals surface area contributed by atoms with Crippen molar-refractivity contribution in [3.8, 4) is 23.1 Å². The van der Waals surface area contributed by atoms with Gasteiger partial charge in [-0.05, 0) is 60.1 Å². The molecule has 0 spiro atoms. The first-order chi connectivity index (χ1) is 22.4. The van der Waals surface area contributed by atoms with Crippen molar-refractivity contribution in [1.29, 1.82) is 0 Å². The lowest BCUT2D eigenvalue weighted by molar-refractivity contribution is -0.135. The SMILES string of the molecule is COC(=O)N[C@H](C(=O)N1C[C@@H](C)C[C@H]1c1ncc(-c2ccc(C#Cc3cnc([C@@H]4C[C@H](C)CN4C(=O)CC(C)C)[nH]3)cc2)[nH]1)C(C)C. The summed E-state index contributed by atoms with van der Waals surface area (Å²) in [7, 11) is 1.29. The zero-order valence-electron chi connectivity index (χ0n) is 28.5. The second kappa shape index (κ2) is 14.4. The molecule has 0 aliphatic carbocycles. The van der Waals surface area contributed by atoms with Gasteiger partial charge < -0.3 is 29.8 Å². The molecule has 0 bridgehead atoms. The normalized spacial score (nSPS) is 21.6. The Balaban J connectivity index is 1.26. The number of hydrogen-bond donors (Lipinski definition) is 3. The van der Waals surface area contributed by atoms with Crippen molar-refractivity contribution in [1.82, 2.24) is 35.1 Å². The lowest BCUT2D eigenvalue weighted by Gasteiger charge is -2.30. The maximum Gasteiger partial charge on any atom is 0.407 e. The highest BCUT2D eigenvalue weighted by Crippen LogP contribution is 2.36. The molecule has 2 fully saturated rings. The molecule has 1 aromatic carbocycles. The van der Waals surface area contributed by atoms with Crippen LogP contribution in [0.15, 0.2) is 36.7 Å². The standard InChI is InChI=1S/C36H47N7O4/c1-21(2)14-31(44)42-19-23(5)15-29(42)33-37-17-27(39-33)13-10-25-8-11-26(12-9-25)28-18-38-34(40-28)30-16-24(6)20-43(30)35(45)32(22(3)4)41-36(46)47-7/h8-9,11-12,17-18,21-24,29-30,32H,14-16,19-20H2,1-7H3,(H,37,39)(H,38,40)(H,41,46)/t23-,24-,29-,30-,32-/m0/s1. The second-order valence-corrected chi connectivity index (χ2v) is 13.9. The van der Waals surface area contributed by atoms with E-state index < -0.39 is 12.1 Å². The number of benzene rings is 1. The van der Waals surface area contributed by atoms with E-state index in [1.807, 2.05) is 47.9 Å². The van der Waals surface area contributed by atoms with E-state index in [2.05, 4.69) is 64.8 Å². The number of likely N-dealkylation sites (tertiary alicyclic amines) is 2. The number of nitrogens with zero attached hydrogens (tertiary/aromatic N) is 4. The van der Waals surface area contributed by atoms with Gasteiger partial charge in [0.2, 0.25) is 11.8 Å². The van der Waals surface area contributed by atoms with Crippen molar-refractivity contribution in [2.45, 2.75) is 78.9 Å². The Hall–Kier alpha value is -4.59. The third kappa shape index (κ3) is 7.87. The molecule has 0 saturated carbocycles. The van der Waals surface area contributed by atoms with Gasteiger partial charge in [0.25, 0.3) is 0 Å². The summed E-state index contributed by atoms with van der Waals surface area (Å²) in [6.07, 6.45) is 5.11. The quantitative estimate of drug-likeness (QED) is 0.280.